The van der Waals surface area contributed by atoms with Crippen molar-refractivity contribution in [1.29, 1.82) is 0 Å². The molecule has 5 aromatic carbocycles. The van der Waals surface area contributed by atoms with Crippen molar-refractivity contribution >= 4 is 11.4 Å². The fourth-order valence-corrected chi connectivity index (χ4v) is 3.43. The van der Waals surface area contributed by atoms with Crippen LogP contribution in [0.3, 0.4) is 0 Å². The van der Waals surface area contributed by atoms with E-state index in [0.717, 1.165) is 0 Å². The standard InChI is InChI=1S/C30H24N2O4/c31-25-7-1-3-9-27(25)33-21-13-17-23(18-14-21)35-29-11-5-6-12-30(29)36-24-19-15-22(16-20-24)34-28-10-4-2-8-26(28)32/h1-20H,31-32H2. The van der Waals surface area contributed by atoms with Crippen LogP contribution in [0.2, 0.25) is 0 Å². The number of rotatable bonds is 8. The summed E-state index contributed by atoms with van der Waals surface area (Å²) in [7, 11) is 0. The second-order valence-corrected chi connectivity index (χ2v) is 7.87. The lowest BCUT2D eigenvalue weighted by Crippen LogP contribution is -1.93. The quantitative estimate of drug-likeness (QED) is 0.220. The summed E-state index contributed by atoms with van der Waals surface area (Å²) in [6, 6.07) is 36.8. The van der Waals surface area contributed by atoms with Crippen molar-refractivity contribution in [3.05, 3.63) is 121 Å². The molecule has 0 fully saturated rings. The van der Waals surface area contributed by atoms with Gasteiger partial charge in [0.05, 0.1) is 11.4 Å². The highest BCUT2D eigenvalue weighted by Crippen LogP contribution is 2.36. The van der Waals surface area contributed by atoms with Crippen LogP contribution in [0.5, 0.6) is 46.0 Å². The van der Waals surface area contributed by atoms with E-state index >= 15 is 0 Å². The van der Waals surface area contributed by atoms with Gasteiger partial charge in [0.15, 0.2) is 11.5 Å². The van der Waals surface area contributed by atoms with Gasteiger partial charge in [0.25, 0.3) is 0 Å². The zero-order valence-corrected chi connectivity index (χ0v) is 19.3. The minimum atomic E-state index is 0.577. The molecule has 4 N–H and O–H groups in total. The molecule has 0 saturated heterocycles. The average Bonchev–Trinajstić information content (AvgIpc) is 2.90. The third-order valence-electron chi connectivity index (χ3n) is 5.25. The molecule has 0 bridgehead atoms. The molecule has 0 amide bonds. The first-order chi connectivity index (χ1) is 17.6. The Morgan fingerprint density at radius 1 is 0.306 bits per heavy atom. The molecule has 0 aromatic heterocycles. The number of benzene rings is 5. The Morgan fingerprint density at radius 3 is 0.861 bits per heavy atom. The molecular formula is C30H24N2O4. The van der Waals surface area contributed by atoms with Gasteiger partial charge in [-0.25, -0.2) is 0 Å². The van der Waals surface area contributed by atoms with Crippen molar-refractivity contribution in [2.45, 2.75) is 0 Å². The number of anilines is 2. The molecule has 0 aliphatic rings. The van der Waals surface area contributed by atoms with Gasteiger partial charge in [0.2, 0.25) is 0 Å². The van der Waals surface area contributed by atoms with Crippen LogP contribution >= 0.6 is 0 Å². The monoisotopic (exact) mass is 476 g/mol. The fourth-order valence-electron chi connectivity index (χ4n) is 3.43. The Kier molecular flexibility index (Phi) is 6.58. The van der Waals surface area contributed by atoms with E-state index in [1.807, 2.05) is 109 Å². The molecule has 0 aliphatic carbocycles. The topological polar surface area (TPSA) is 89.0 Å². The third kappa shape index (κ3) is 5.51. The smallest absolute Gasteiger partial charge is 0.169 e. The maximum Gasteiger partial charge on any atom is 0.169 e. The average molecular weight is 477 g/mol. The normalized spacial score (nSPS) is 10.4. The SMILES string of the molecule is Nc1ccccc1Oc1ccc(Oc2ccccc2Oc2ccc(Oc3ccccc3N)cc2)cc1. The van der Waals surface area contributed by atoms with Gasteiger partial charge in [-0.15, -0.1) is 0 Å². The van der Waals surface area contributed by atoms with Crippen molar-refractivity contribution < 1.29 is 18.9 Å². The minimum absolute atomic E-state index is 0.577. The number of nitrogens with two attached hydrogens (primary N) is 2. The predicted octanol–water partition coefficient (Wildman–Crippen LogP) is 8.02. The lowest BCUT2D eigenvalue weighted by atomic mass is 10.2. The van der Waals surface area contributed by atoms with E-state index in [-0.39, 0.29) is 0 Å². The van der Waals surface area contributed by atoms with Crippen LogP contribution in [-0.2, 0) is 0 Å². The molecule has 0 atom stereocenters. The third-order valence-corrected chi connectivity index (χ3v) is 5.25. The van der Waals surface area contributed by atoms with Gasteiger partial charge in [-0.2, -0.15) is 0 Å². The molecule has 6 heteroatoms. The highest BCUT2D eigenvalue weighted by molar-refractivity contribution is 5.55. The summed E-state index contributed by atoms with van der Waals surface area (Å²) in [5.74, 6) is 4.97. The molecule has 5 aromatic rings. The lowest BCUT2D eigenvalue weighted by Gasteiger charge is -2.13. The highest BCUT2D eigenvalue weighted by atomic mass is 16.5. The molecule has 0 spiro atoms. The van der Waals surface area contributed by atoms with Crippen molar-refractivity contribution in [2.75, 3.05) is 11.5 Å². The van der Waals surface area contributed by atoms with Crippen LogP contribution in [0.15, 0.2) is 121 Å². The van der Waals surface area contributed by atoms with Crippen molar-refractivity contribution in [3.8, 4) is 46.0 Å². The number of para-hydroxylation sites is 6. The van der Waals surface area contributed by atoms with Gasteiger partial charge < -0.3 is 30.4 Å². The Morgan fingerprint density at radius 2 is 0.556 bits per heavy atom. The van der Waals surface area contributed by atoms with E-state index in [4.69, 9.17) is 30.4 Å². The van der Waals surface area contributed by atoms with Crippen molar-refractivity contribution in [3.63, 3.8) is 0 Å². The maximum absolute atomic E-state index is 6.08. The Bertz CT molecular complexity index is 1340. The van der Waals surface area contributed by atoms with Gasteiger partial charge in [-0.05, 0) is 84.9 Å². The van der Waals surface area contributed by atoms with Crippen LogP contribution in [0.4, 0.5) is 11.4 Å². The van der Waals surface area contributed by atoms with E-state index < -0.39 is 0 Å². The van der Waals surface area contributed by atoms with Crippen LogP contribution in [-0.4, -0.2) is 0 Å². The Labute approximate surface area is 209 Å². The summed E-state index contributed by atoms with van der Waals surface area (Å²) in [5, 5.41) is 0. The molecule has 0 heterocycles. The minimum Gasteiger partial charge on any atom is -0.455 e. The lowest BCUT2D eigenvalue weighted by molar-refractivity contribution is 0.417. The summed E-state index contributed by atoms with van der Waals surface area (Å²) in [6.07, 6.45) is 0. The molecule has 6 nitrogen and oxygen atoms in total. The van der Waals surface area contributed by atoms with Crippen molar-refractivity contribution in [2.24, 2.45) is 0 Å². The Hall–Kier alpha value is -5.10. The van der Waals surface area contributed by atoms with Gasteiger partial charge in [0.1, 0.15) is 34.5 Å². The maximum atomic E-state index is 6.08. The summed E-state index contributed by atoms with van der Waals surface area (Å²) >= 11 is 0. The van der Waals surface area contributed by atoms with Gasteiger partial charge in [0, 0.05) is 0 Å². The van der Waals surface area contributed by atoms with E-state index in [2.05, 4.69) is 0 Å². The Balaban J connectivity index is 1.25. The number of ether oxygens (including phenoxy) is 4. The molecule has 36 heavy (non-hydrogen) atoms. The number of hydrogen-bond acceptors (Lipinski definition) is 6. The summed E-state index contributed by atoms with van der Waals surface area (Å²) < 4.78 is 23.9. The summed E-state index contributed by atoms with van der Waals surface area (Å²) in [6.45, 7) is 0. The van der Waals surface area contributed by atoms with E-state index in [1.54, 1.807) is 12.1 Å². The first-order valence-corrected chi connectivity index (χ1v) is 11.3. The molecule has 0 unspecified atom stereocenters. The van der Waals surface area contributed by atoms with Gasteiger partial charge in [-0.3, -0.25) is 0 Å². The van der Waals surface area contributed by atoms with Crippen LogP contribution in [0, 0.1) is 0 Å². The predicted molar refractivity (Wildman–Crippen MR) is 141 cm³/mol. The van der Waals surface area contributed by atoms with Crippen LogP contribution in [0.25, 0.3) is 0 Å². The highest BCUT2D eigenvalue weighted by Gasteiger charge is 2.09. The van der Waals surface area contributed by atoms with Crippen molar-refractivity contribution in [1.82, 2.24) is 0 Å². The molecular weight excluding hydrogens is 452 g/mol. The largest absolute Gasteiger partial charge is 0.455 e. The van der Waals surface area contributed by atoms with E-state index in [0.29, 0.717) is 57.4 Å². The van der Waals surface area contributed by atoms with Gasteiger partial charge in [-0.1, -0.05) is 36.4 Å². The summed E-state index contributed by atoms with van der Waals surface area (Å²) in [5.41, 5.74) is 13.1. The molecule has 0 aliphatic heterocycles. The van der Waals surface area contributed by atoms with Crippen LogP contribution < -0.4 is 30.4 Å². The first kappa shape index (κ1) is 22.7. The summed E-state index contributed by atoms with van der Waals surface area (Å²) in [4.78, 5) is 0. The second kappa shape index (κ2) is 10.4. The first-order valence-electron chi connectivity index (χ1n) is 11.3. The van der Waals surface area contributed by atoms with E-state index in [1.165, 1.54) is 0 Å². The van der Waals surface area contributed by atoms with E-state index in [9.17, 15) is 0 Å². The zero-order chi connectivity index (χ0) is 24.7. The zero-order valence-electron chi connectivity index (χ0n) is 19.3. The molecule has 178 valence electrons. The molecule has 5 rings (SSSR count). The van der Waals surface area contributed by atoms with Gasteiger partial charge >= 0.3 is 0 Å². The number of nitrogen functional groups attached to an aromatic ring is 2. The molecule has 0 saturated carbocycles. The number of hydrogen-bond donors (Lipinski definition) is 2. The fraction of sp³-hybridized carbons (Fsp3) is 0. The van der Waals surface area contributed by atoms with Crippen LogP contribution in [0.1, 0.15) is 0 Å². The second-order valence-electron chi connectivity index (χ2n) is 7.87. The molecule has 0 radical (unpaired) electrons.